The summed E-state index contributed by atoms with van der Waals surface area (Å²) in [6.07, 6.45) is 0.571. The molecule has 0 aliphatic carbocycles. The standard InChI is InChI=1S/C20H22FN3O3/c1-3-23-12(2)10-24-15-8-9-22(11-13-4-6-14(21)7-5-13)19(26)16(15)18(25)17(24)20(23)27/h4-7,12,25H,3,8-11H2,1-2H3/t12-/m1/s1. The van der Waals surface area contributed by atoms with Gasteiger partial charge in [0.2, 0.25) is 0 Å². The summed E-state index contributed by atoms with van der Waals surface area (Å²) in [7, 11) is 0. The molecule has 0 unspecified atom stereocenters. The predicted octanol–water partition coefficient (Wildman–Crippen LogP) is 2.40. The second-order valence-corrected chi connectivity index (χ2v) is 7.17. The van der Waals surface area contributed by atoms with Crippen molar-refractivity contribution in [2.24, 2.45) is 0 Å². The van der Waals surface area contributed by atoms with Crippen molar-refractivity contribution in [2.45, 2.75) is 39.4 Å². The Morgan fingerprint density at radius 1 is 1.19 bits per heavy atom. The number of aromatic nitrogens is 1. The number of nitrogens with zero attached hydrogens (tertiary/aromatic N) is 3. The molecule has 2 amide bonds. The molecule has 0 fully saturated rings. The summed E-state index contributed by atoms with van der Waals surface area (Å²) in [6, 6.07) is 6.03. The lowest BCUT2D eigenvalue weighted by Gasteiger charge is -2.35. The molecule has 3 heterocycles. The highest BCUT2D eigenvalue weighted by atomic mass is 19.1. The van der Waals surface area contributed by atoms with E-state index in [9.17, 15) is 19.1 Å². The zero-order chi connectivity index (χ0) is 19.3. The molecule has 6 nitrogen and oxygen atoms in total. The van der Waals surface area contributed by atoms with Crippen molar-refractivity contribution in [1.82, 2.24) is 14.4 Å². The SMILES string of the molecule is CCN1C(=O)c2c(O)c3c(n2C[C@H]1C)CCN(Cc1ccc(F)cc1)C3=O. The first-order chi connectivity index (χ1) is 12.9. The summed E-state index contributed by atoms with van der Waals surface area (Å²) < 4.78 is 14.9. The third-order valence-electron chi connectivity index (χ3n) is 5.53. The molecule has 4 rings (SSSR count). The third kappa shape index (κ3) is 2.69. The summed E-state index contributed by atoms with van der Waals surface area (Å²) in [6.45, 7) is 5.83. The number of amides is 2. The minimum absolute atomic E-state index is 0.0123. The van der Waals surface area contributed by atoms with Crippen LogP contribution in [0.1, 0.15) is 46.0 Å². The van der Waals surface area contributed by atoms with Gasteiger partial charge in [0.15, 0.2) is 11.4 Å². The van der Waals surface area contributed by atoms with Gasteiger partial charge < -0.3 is 19.5 Å². The van der Waals surface area contributed by atoms with E-state index in [4.69, 9.17) is 0 Å². The van der Waals surface area contributed by atoms with Crippen molar-refractivity contribution < 1.29 is 19.1 Å². The average Bonchev–Trinajstić information content (AvgIpc) is 2.92. The smallest absolute Gasteiger partial charge is 0.274 e. The van der Waals surface area contributed by atoms with Crippen LogP contribution in [0.4, 0.5) is 4.39 Å². The fourth-order valence-corrected chi connectivity index (χ4v) is 4.17. The quantitative estimate of drug-likeness (QED) is 0.901. The summed E-state index contributed by atoms with van der Waals surface area (Å²) in [5.74, 6) is -1.06. The number of fused-ring (bicyclic) bond motifs is 3. The minimum atomic E-state index is -0.322. The molecule has 27 heavy (non-hydrogen) atoms. The number of carbonyl (C=O) groups is 2. The van der Waals surface area contributed by atoms with Crippen LogP contribution in [-0.4, -0.2) is 50.4 Å². The lowest BCUT2D eigenvalue weighted by molar-refractivity contribution is 0.0618. The monoisotopic (exact) mass is 371 g/mol. The van der Waals surface area contributed by atoms with Gasteiger partial charge >= 0.3 is 0 Å². The second kappa shape index (κ2) is 6.40. The number of carbonyl (C=O) groups excluding carboxylic acids is 2. The van der Waals surface area contributed by atoms with Gasteiger partial charge in [0.25, 0.3) is 11.8 Å². The van der Waals surface area contributed by atoms with Gasteiger partial charge in [0.1, 0.15) is 11.4 Å². The van der Waals surface area contributed by atoms with Crippen LogP contribution >= 0.6 is 0 Å². The van der Waals surface area contributed by atoms with Crippen LogP contribution in [0.3, 0.4) is 0 Å². The van der Waals surface area contributed by atoms with Crippen LogP contribution in [0.15, 0.2) is 24.3 Å². The number of likely N-dealkylation sites (N-methyl/N-ethyl adjacent to an activating group) is 1. The fourth-order valence-electron chi connectivity index (χ4n) is 4.17. The first kappa shape index (κ1) is 17.6. The van der Waals surface area contributed by atoms with Gasteiger partial charge in [-0.25, -0.2) is 4.39 Å². The summed E-state index contributed by atoms with van der Waals surface area (Å²) >= 11 is 0. The molecule has 0 radical (unpaired) electrons. The summed E-state index contributed by atoms with van der Waals surface area (Å²) in [5, 5.41) is 10.7. The van der Waals surface area contributed by atoms with Crippen molar-refractivity contribution in [3.63, 3.8) is 0 Å². The van der Waals surface area contributed by atoms with E-state index < -0.39 is 0 Å². The van der Waals surface area contributed by atoms with Crippen molar-refractivity contribution >= 4 is 11.8 Å². The van der Waals surface area contributed by atoms with E-state index in [1.165, 1.54) is 12.1 Å². The molecule has 1 N–H and O–H groups in total. The number of aromatic hydroxyl groups is 1. The van der Waals surface area contributed by atoms with Crippen LogP contribution in [-0.2, 0) is 19.5 Å². The van der Waals surface area contributed by atoms with Gasteiger partial charge in [-0.1, -0.05) is 12.1 Å². The largest absolute Gasteiger partial charge is 0.505 e. The van der Waals surface area contributed by atoms with Crippen molar-refractivity contribution in [3.8, 4) is 5.75 Å². The zero-order valence-corrected chi connectivity index (χ0v) is 15.4. The molecule has 1 aromatic heterocycles. The molecule has 0 saturated heterocycles. The highest BCUT2D eigenvalue weighted by Crippen LogP contribution is 2.37. The van der Waals surface area contributed by atoms with E-state index in [0.717, 1.165) is 11.3 Å². The molecule has 2 aromatic rings. The Morgan fingerprint density at radius 2 is 1.89 bits per heavy atom. The van der Waals surface area contributed by atoms with E-state index in [1.54, 1.807) is 21.9 Å². The number of halogens is 1. The maximum atomic E-state index is 13.1. The maximum Gasteiger partial charge on any atom is 0.274 e. The van der Waals surface area contributed by atoms with Crippen LogP contribution in [0.2, 0.25) is 0 Å². The first-order valence-corrected chi connectivity index (χ1v) is 9.21. The van der Waals surface area contributed by atoms with Crippen molar-refractivity contribution in [3.05, 3.63) is 52.6 Å². The minimum Gasteiger partial charge on any atom is -0.505 e. The Morgan fingerprint density at radius 3 is 2.56 bits per heavy atom. The Bertz CT molecular complexity index is 920. The van der Waals surface area contributed by atoms with Crippen LogP contribution in [0.25, 0.3) is 0 Å². The van der Waals surface area contributed by atoms with Gasteiger partial charge in [-0.05, 0) is 31.5 Å². The maximum absolute atomic E-state index is 13.1. The Balaban J connectivity index is 1.69. The van der Waals surface area contributed by atoms with E-state index in [-0.39, 0.29) is 40.7 Å². The molecule has 0 saturated carbocycles. The van der Waals surface area contributed by atoms with Gasteiger partial charge in [-0.3, -0.25) is 9.59 Å². The van der Waals surface area contributed by atoms with Crippen LogP contribution < -0.4 is 0 Å². The highest BCUT2D eigenvalue weighted by molar-refractivity contribution is 6.05. The van der Waals surface area contributed by atoms with Crippen LogP contribution in [0, 0.1) is 5.82 Å². The first-order valence-electron chi connectivity index (χ1n) is 9.21. The lowest BCUT2D eigenvalue weighted by Crippen LogP contribution is -2.46. The van der Waals surface area contributed by atoms with Gasteiger partial charge in [0, 0.05) is 44.3 Å². The van der Waals surface area contributed by atoms with Gasteiger partial charge in [-0.15, -0.1) is 0 Å². The number of hydrogen-bond acceptors (Lipinski definition) is 3. The van der Waals surface area contributed by atoms with E-state index in [2.05, 4.69) is 0 Å². The fraction of sp³-hybridized carbons (Fsp3) is 0.400. The number of rotatable bonds is 3. The third-order valence-corrected chi connectivity index (χ3v) is 5.53. The molecule has 0 spiro atoms. The van der Waals surface area contributed by atoms with Crippen molar-refractivity contribution in [2.75, 3.05) is 13.1 Å². The average molecular weight is 371 g/mol. The Labute approximate surface area is 156 Å². The highest BCUT2D eigenvalue weighted by Gasteiger charge is 2.40. The molecule has 2 aliphatic rings. The molecule has 1 atom stereocenters. The van der Waals surface area contributed by atoms with Crippen molar-refractivity contribution in [1.29, 1.82) is 0 Å². The Hall–Kier alpha value is -2.83. The molecule has 2 aliphatic heterocycles. The molecule has 1 aromatic carbocycles. The second-order valence-electron chi connectivity index (χ2n) is 7.17. The number of hydrogen-bond donors (Lipinski definition) is 1. The van der Waals surface area contributed by atoms with E-state index in [0.29, 0.717) is 32.6 Å². The van der Waals surface area contributed by atoms with Crippen LogP contribution in [0.5, 0.6) is 5.75 Å². The molecule has 142 valence electrons. The number of benzene rings is 1. The topological polar surface area (TPSA) is 65.8 Å². The zero-order valence-electron chi connectivity index (χ0n) is 15.4. The molecular formula is C20H22FN3O3. The van der Waals surface area contributed by atoms with E-state index in [1.807, 2.05) is 18.4 Å². The molecule has 7 heteroatoms. The predicted molar refractivity (Wildman–Crippen MR) is 97.1 cm³/mol. The Kier molecular flexibility index (Phi) is 4.17. The van der Waals surface area contributed by atoms with Gasteiger partial charge in [0.05, 0.1) is 0 Å². The van der Waals surface area contributed by atoms with Gasteiger partial charge in [-0.2, -0.15) is 0 Å². The molecule has 0 bridgehead atoms. The molecular weight excluding hydrogens is 349 g/mol. The summed E-state index contributed by atoms with van der Waals surface area (Å²) in [4.78, 5) is 29.2. The lowest BCUT2D eigenvalue weighted by atomic mass is 10.0. The summed E-state index contributed by atoms with van der Waals surface area (Å²) in [5.41, 5.74) is 2.01. The normalized spacial score (nSPS) is 19.3. The van der Waals surface area contributed by atoms with E-state index >= 15 is 0 Å².